The van der Waals surface area contributed by atoms with Crippen molar-refractivity contribution in [3.63, 3.8) is 0 Å². The topological polar surface area (TPSA) is 80.7 Å². The van der Waals surface area contributed by atoms with Crippen molar-refractivity contribution in [1.82, 2.24) is 13.7 Å². The first-order chi connectivity index (χ1) is 6.98. The fraction of sp³-hybridized carbons (Fsp3) is 0.286. The van der Waals surface area contributed by atoms with Gasteiger partial charge in [-0.1, -0.05) is 0 Å². The second-order valence-electron chi connectivity index (χ2n) is 3.09. The lowest BCUT2D eigenvalue weighted by Gasteiger charge is -2.11. The van der Waals surface area contributed by atoms with Crippen LogP contribution in [0.25, 0.3) is 4.83 Å². The molecule has 8 heteroatoms. The molecule has 0 aliphatic heterocycles. The quantitative estimate of drug-likeness (QED) is 0.829. The van der Waals surface area contributed by atoms with Gasteiger partial charge < -0.3 is 0 Å². The van der Waals surface area contributed by atoms with Crippen molar-refractivity contribution >= 4 is 26.4 Å². The molecule has 0 atom stereocenters. The van der Waals surface area contributed by atoms with Crippen LogP contribution in [0.15, 0.2) is 17.8 Å². The molecule has 2 heterocycles. The number of hydrogen-bond acceptors (Lipinski definition) is 4. The normalized spacial score (nSPS) is 12.7. The van der Waals surface area contributed by atoms with E-state index in [4.69, 9.17) is 5.14 Å². The van der Waals surface area contributed by atoms with Gasteiger partial charge in [-0.25, -0.2) is 10.1 Å². The molecule has 0 unspecified atom stereocenters. The second-order valence-corrected chi connectivity index (χ2v) is 5.67. The Labute approximate surface area is 91.1 Å². The van der Waals surface area contributed by atoms with Gasteiger partial charge in [0.25, 0.3) is 10.2 Å². The van der Waals surface area contributed by atoms with Crippen LogP contribution in [0, 0.1) is 0 Å². The van der Waals surface area contributed by atoms with Crippen LogP contribution in [-0.4, -0.2) is 29.2 Å². The van der Waals surface area contributed by atoms with Crippen LogP contribution < -0.4 is 5.14 Å². The lowest BCUT2D eigenvalue weighted by molar-refractivity contribution is 0.457. The summed E-state index contributed by atoms with van der Waals surface area (Å²) in [4.78, 5) is 5.10. The Kier molecular flexibility index (Phi) is 2.51. The van der Waals surface area contributed by atoms with Gasteiger partial charge in [-0.05, 0) is 0 Å². The molecule has 0 spiro atoms. The van der Waals surface area contributed by atoms with E-state index >= 15 is 0 Å². The Morgan fingerprint density at radius 1 is 1.67 bits per heavy atom. The first kappa shape index (κ1) is 10.6. The average molecular weight is 246 g/mol. The zero-order valence-corrected chi connectivity index (χ0v) is 9.62. The lowest BCUT2D eigenvalue weighted by atomic mass is 10.6. The average Bonchev–Trinajstić information content (AvgIpc) is 2.67. The number of nitrogens with two attached hydrogens (primary N) is 1. The minimum atomic E-state index is -3.65. The first-order valence-corrected chi connectivity index (χ1v) is 6.50. The van der Waals surface area contributed by atoms with E-state index in [1.807, 2.05) is 16.0 Å². The van der Waals surface area contributed by atoms with Crippen molar-refractivity contribution in [2.24, 2.45) is 5.14 Å². The van der Waals surface area contributed by atoms with Gasteiger partial charge in [0.1, 0.15) is 10.7 Å². The van der Waals surface area contributed by atoms with Crippen molar-refractivity contribution in [2.45, 2.75) is 6.54 Å². The fourth-order valence-electron chi connectivity index (χ4n) is 1.20. The summed E-state index contributed by atoms with van der Waals surface area (Å²) in [6.45, 7) is 0.170. The summed E-state index contributed by atoms with van der Waals surface area (Å²) in [6.07, 6.45) is 3.55. The third kappa shape index (κ3) is 2.02. The molecule has 0 bridgehead atoms. The Balaban J connectivity index is 2.30. The molecule has 0 aliphatic carbocycles. The van der Waals surface area contributed by atoms with Crippen molar-refractivity contribution in [3.8, 4) is 0 Å². The van der Waals surface area contributed by atoms with E-state index in [9.17, 15) is 8.42 Å². The minimum absolute atomic E-state index is 0.170. The molecule has 0 aliphatic rings. The monoisotopic (exact) mass is 246 g/mol. The molecule has 0 saturated heterocycles. The summed E-state index contributed by atoms with van der Waals surface area (Å²) in [5.41, 5.74) is 0. The molecule has 0 aromatic carbocycles. The highest BCUT2D eigenvalue weighted by Crippen LogP contribution is 2.14. The molecule has 15 heavy (non-hydrogen) atoms. The van der Waals surface area contributed by atoms with Gasteiger partial charge in [-0.15, -0.1) is 11.3 Å². The molecule has 2 rings (SSSR count). The highest BCUT2D eigenvalue weighted by molar-refractivity contribution is 7.86. The summed E-state index contributed by atoms with van der Waals surface area (Å²) in [5, 5.41) is 6.89. The summed E-state index contributed by atoms with van der Waals surface area (Å²) >= 11 is 1.54. The third-order valence-electron chi connectivity index (χ3n) is 2.04. The van der Waals surface area contributed by atoms with E-state index in [1.54, 1.807) is 17.5 Å². The Bertz CT molecular complexity index is 571. The van der Waals surface area contributed by atoms with E-state index in [0.29, 0.717) is 5.82 Å². The van der Waals surface area contributed by atoms with Gasteiger partial charge in [-0.2, -0.15) is 12.7 Å². The molecule has 6 nitrogen and oxygen atoms in total. The van der Waals surface area contributed by atoms with Crippen molar-refractivity contribution < 1.29 is 8.42 Å². The van der Waals surface area contributed by atoms with Crippen LogP contribution in [0.1, 0.15) is 5.82 Å². The molecule has 2 aromatic heterocycles. The van der Waals surface area contributed by atoms with Gasteiger partial charge in [-0.3, -0.25) is 4.40 Å². The molecule has 82 valence electrons. The van der Waals surface area contributed by atoms with E-state index in [-0.39, 0.29) is 6.54 Å². The highest BCUT2D eigenvalue weighted by atomic mass is 32.2. The zero-order valence-electron chi connectivity index (χ0n) is 7.99. The van der Waals surface area contributed by atoms with Crippen LogP contribution in [-0.2, 0) is 16.8 Å². The minimum Gasteiger partial charge on any atom is -0.293 e. The van der Waals surface area contributed by atoms with Gasteiger partial charge in [0, 0.05) is 18.6 Å². The number of aromatic nitrogens is 2. The van der Waals surface area contributed by atoms with Gasteiger partial charge >= 0.3 is 0 Å². The third-order valence-corrected chi connectivity index (χ3v) is 3.84. The van der Waals surface area contributed by atoms with E-state index < -0.39 is 10.2 Å². The summed E-state index contributed by atoms with van der Waals surface area (Å²) < 4.78 is 24.9. The van der Waals surface area contributed by atoms with Crippen molar-refractivity contribution in [2.75, 3.05) is 7.05 Å². The SMILES string of the molecule is CN(Cc1ncc2sccn12)S(N)(=O)=O. The van der Waals surface area contributed by atoms with Crippen LogP contribution in [0.5, 0.6) is 0 Å². The molecule has 0 saturated carbocycles. The maximum absolute atomic E-state index is 11.0. The maximum atomic E-state index is 11.0. The number of imidazole rings is 1. The standard InChI is InChI=1S/C7H10N4O2S2/c1-10(15(8,12)13)5-6-9-4-7-11(6)2-3-14-7/h2-4H,5H2,1H3,(H2,8,12,13). The largest absolute Gasteiger partial charge is 0.293 e. The highest BCUT2D eigenvalue weighted by Gasteiger charge is 2.15. The van der Waals surface area contributed by atoms with Gasteiger partial charge in [0.2, 0.25) is 0 Å². The number of thiazole rings is 1. The fourth-order valence-corrected chi connectivity index (χ4v) is 2.21. The van der Waals surface area contributed by atoms with E-state index in [2.05, 4.69) is 4.98 Å². The predicted octanol–water partition coefficient (Wildman–Crippen LogP) is 0.0311. The van der Waals surface area contributed by atoms with Crippen LogP contribution in [0.3, 0.4) is 0 Å². The Morgan fingerprint density at radius 2 is 2.40 bits per heavy atom. The van der Waals surface area contributed by atoms with Gasteiger partial charge in [0.15, 0.2) is 0 Å². The maximum Gasteiger partial charge on any atom is 0.277 e. The summed E-state index contributed by atoms with van der Waals surface area (Å²) in [7, 11) is -2.23. The van der Waals surface area contributed by atoms with Crippen LogP contribution >= 0.6 is 11.3 Å². The van der Waals surface area contributed by atoms with Crippen LogP contribution in [0.4, 0.5) is 0 Å². The number of hydrogen-bond donors (Lipinski definition) is 1. The van der Waals surface area contributed by atoms with Crippen LogP contribution in [0.2, 0.25) is 0 Å². The predicted molar refractivity (Wildman–Crippen MR) is 57.6 cm³/mol. The van der Waals surface area contributed by atoms with Crippen molar-refractivity contribution in [3.05, 3.63) is 23.6 Å². The Morgan fingerprint density at radius 3 is 3.07 bits per heavy atom. The molecule has 2 N–H and O–H groups in total. The zero-order chi connectivity index (χ0) is 11.1. The van der Waals surface area contributed by atoms with Crippen molar-refractivity contribution in [1.29, 1.82) is 0 Å². The lowest BCUT2D eigenvalue weighted by Crippen LogP contribution is -2.33. The molecule has 0 fully saturated rings. The number of rotatable bonds is 3. The molecular formula is C7H10N4O2S2. The molecule has 2 aromatic rings. The molecular weight excluding hydrogens is 236 g/mol. The van der Waals surface area contributed by atoms with Gasteiger partial charge in [0.05, 0.1) is 12.7 Å². The molecule has 0 amide bonds. The summed E-state index contributed by atoms with van der Waals surface area (Å²) in [6, 6.07) is 0. The first-order valence-electron chi connectivity index (χ1n) is 4.12. The number of fused-ring (bicyclic) bond motifs is 1. The Hall–Kier alpha value is -0.960. The summed E-state index contributed by atoms with van der Waals surface area (Å²) in [5.74, 6) is 0.655. The van der Waals surface area contributed by atoms with E-state index in [1.165, 1.54) is 7.05 Å². The molecule has 0 radical (unpaired) electrons. The number of nitrogens with zero attached hydrogens (tertiary/aromatic N) is 3. The van der Waals surface area contributed by atoms with E-state index in [0.717, 1.165) is 9.14 Å². The smallest absolute Gasteiger partial charge is 0.277 e. The second kappa shape index (κ2) is 3.56.